The summed E-state index contributed by atoms with van der Waals surface area (Å²) in [5.41, 5.74) is 0.253. The molecular weight excluding hydrogens is 234 g/mol. The maximum Gasteiger partial charge on any atom is 0.303 e. The zero-order chi connectivity index (χ0) is 13.4. The Bertz CT molecular complexity index is 423. The third-order valence-corrected chi connectivity index (χ3v) is 2.50. The maximum atomic E-state index is 11.6. The number of carboxylic acid groups (broad SMARTS) is 1. The summed E-state index contributed by atoms with van der Waals surface area (Å²) in [6.07, 6.45) is 2.26. The molecule has 1 aromatic carbocycles. The standard InChI is InChI=1S/C13H17NO4.H2/c15-11-7-4-3-6-10(11)13(18)14-9-5-1-2-8-12(16)17;/h3-4,6-7,15H,1-2,5,8-9H2,(H,14,18)(H,16,17);1H. The first-order valence-corrected chi connectivity index (χ1v) is 5.89. The number of para-hydroxylation sites is 1. The van der Waals surface area contributed by atoms with E-state index in [1.807, 2.05) is 0 Å². The van der Waals surface area contributed by atoms with Crippen LogP contribution < -0.4 is 5.32 Å². The Morgan fingerprint density at radius 2 is 1.89 bits per heavy atom. The van der Waals surface area contributed by atoms with Crippen molar-refractivity contribution in [1.82, 2.24) is 5.32 Å². The van der Waals surface area contributed by atoms with Crippen molar-refractivity contribution >= 4 is 11.9 Å². The summed E-state index contributed by atoms with van der Waals surface area (Å²) < 4.78 is 0. The normalized spacial score (nSPS) is 10.0. The Balaban J connectivity index is 0.00000324. The number of hydrogen-bond acceptors (Lipinski definition) is 3. The lowest BCUT2D eigenvalue weighted by atomic mass is 10.1. The molecule has 0 unspecified atom stereocenters. The maximum absolute atomic E-state index is 11.6. The van der Waals surface area contributed by atoms with E-state index in [-0.39, 0.29) is 25.1 Å². The van der Waals surface area contributed by atoms with Crippen molar-refractivity contribution in [3.63, 3.8) is 0 Å². The van der Waals surface area contributed by atoms with Crippen LogP contribution in [0.15, 0.2) is 24.3 Å². The SMILES string of the molecule is O=C(O)CCCCCNC(=O)c1ccccc1O.[HH]. The molecule has 5 nitrogen and oxygen atoms in total. The van der Waals surface area contributed by atoms with Gasteiger partial charge in [-0.15, -0.1) is 0 Å². The van der Waals surface area contributed by atoms with E-state index in [0.717, 1.165) is 12.8 Å². The summed E-state index contributed by atoms with van der Waals surface area (Å²) in [5, 5.41) is 20.6. The number of aromatic hydroxyl groups is 1. The molecule has 0 saturated heterocycles. The third kappa shape index (κ3) is 4.86. The highest BCUT2D eigenvalue weighted by molar-refractivity contribution is 5.96. The van der Waals surface area contributed by atoms with E-state index < -0.39 is 5.97 Å². The fourth-order valence-corrected chi connectivity index (χ4v) is 1.54. The zero-order valence-electron chi connectivity index (χ0n) is 10.1. The van der Waals surface area contributed by atoms with Crippen molar-refractivity contribution in [3.8, 4) is 5.75 Å². The number of unbranched alkanes of at least 4 members (excludes halogenated alkanes) is 2. The van der Waals surface area contributed by atoms with Crippen LogP contribution in [0.2, 0.25) is 0 Å². The van der Waals surface area contributed by atoms with Gasteiger partial charge in [0.2, 0.25) is 0 Å². The second-order valence-corrected chi connectivity index (χ2v) is 3.98. The highest BCUT2D eigenvalue weighted by atomic mass is 16.4. The minimum absolute atomic E-state index is 0. The topological polar surface area (TPSA) is 86.6 Å². The Hall–Kier alpha value is -2.04. The summed E-state index contributed by atoms with van der Waals surface area (Å²) >= 11 is 0. The number of carbonyl (C=O) groups is 2. The molecule has 5 heteroatoms. The second-order valence-electron chi connectivity index (χ2n) is 3.98. The number of aliphatic carboxylic acids is 1. The molecule has 0 aliphatic heterocycles. The quantitative estimate of drug-likeness (QED) is 0.649. The van der Waals surface area contributed by atoms with Crippen LogP contribution in [0, 0.1) is 0 Å². The molecule has 0 aromatic heterocycles. The molecule has 3 N–H and O–H groups in total. The Morgan fingerprint density at radius 3 is 2.56 bits per heavy atom. The number of phenols is 1. The van der Waals surface area contributed by atoms with Gasteiger partial charge in [0, 0.05) is 14.4 Å². The zero-order valence-corrected chi connectivity index (χ0v) is 10.1. The monoisotopic (exact) mass is 253 g/mol. The molecule has 1 rings (SSSR count). The molecule has 0 fully saturated rings. The van der Waals surface area contributed by atoms with Gasteiger partial charge < -0.3 is 15.5 Å². The van der Waals surface area contributed by atoms with Gasteiger partial charge in [0.15, 0.2) is 0 Å². The molecule has 0 aliphatic rings. The largest absolute Gasteiger partial charge is 0.507 e. The van der Waals surface area contributed by atoms with E-state index in [2.05, 4.69) is 5.32 Å². The molecule has 0 saturated carbocycles. The summed E-state index contributed by atoms with van der Waals surface area (Å²) in [4.78, 5) is 21.9. The van der Waals surface area contributed by atoms with Crippen molar-refractivity contribution in [2.75, 3.05) is 6.54 Å². The summed E-state index contributed by atoms with van der Waals surface area (Å²) in [7, 11) is 0. The first-order valence-electron chi connectivity index (χ1n) is 5.89. The highest BCUT2D eigenvalue weighted by Gasteiger charge is 2.08. The first-order chi connectivity index (χ1) is 8.61. The van der Waals surface area contributed by atoms with E-state index >= 15 is 0 Å². The van der Waals surface area contributed by atoms with Crippen LogP contribution in [-0.4, -0.2) is 28.6 Å². The smallest absolute Gasteiger partial charge is 0.303 e. The van der Waals surface area contributed by atoms with Gasteiger partial charge in [-0.1, -0.05) is 18.6 Å². The number of phenolic OH excluding ortho intramolecular Hbond substituents is 1. The average molecular weight is 253 g/mol. The first kappa shape index (κ1) is 14.0. The lowest BCUT2D eigenvalue weighted by Crippen LogP contribution is -2.24. The fraction of sp³-hybridized carbons (Fsp3) is 0.385. The van der Waals surface area contributed by atoms with E-state index in [4.69, 9.17) is 5.11 Å². The highest BCUT2D eigenvalue weighted by Crippen LogP contribution is 2.14. The lowest BCUT2D eigenvalue weighted by Gasteiger charge is -2.06. The van der Waals surface area contributed by atoms with Crippen LogP contribution >= 0.6 is 0 Å². The number of carbonyl (C=O) groups excluding carboxylic acids is 1. The van der Waals surface area contributed by atoms with Crippen LogP contribution in [0.4, 0.5) is 0 Å². The molecule has 1 aromatic rings. The Kier molecular flexibility index (Phi) is 5.70. The minimum atomic E-state index is -0.798. The molecule has 18 heavy (non-hydrogen) atoms. The Labute approximate surface area is 107 Å². The molecule has 0 radical (unpaired) electrons. The van der Waals surface area contributed by atoms with E-state index in [9.17, 15) is 14.7 Å². The Morgan fingerprint density at radius 1 is 1.17 bits per heavy atom. The lowest BCUT2D eigenvalue weighted by molar-refractivity contribution is -0.137. The van der Waals surface area contributed by atoms with Crippen LogP contribution in [-0.2, 0) is 4.79 Å². The third-order valence-electron chi connectivity index (χ3n) is 2.50. The summed E-state index contributed by atoms with van der Waals surface area (Å²) in [5.74, 6) is -1.15. The summed E-state index contributed by atoms with van der Waals surface area (Å²) in [6.45, 7) is 0.479. The molecule has 100 valence electrons. The van der Waals surface area contributed by atoms with Gasteiger partial charge in [0.1, 0.15) is 5.75 Å². The molecule has 0 spiro atoms. The van der Waals surface area contributed by atoms with Gasteiger partial charge in [0.25, 0.3) is 5.91 Å². The van der Waals surface area contributed by atoms with Gasteiger partial charge >= 0.3 is 5.97 Å². The van der Waals surface area contributed by atoms with Gasteiger partial charge in [-0.05, 0) is 25.0 Å². The molecule has 0 aliphatic carbocycles. The summed E-state index contributed by atoms with van der Waals surface area (Å²) in [6, 6.07) is 6.34. The second kappa shape index (κ2) is 7.32. The van der Waals surface area contributed by atoms with Gasteiger partial charge in [0.05, 0.1) is 5.56 Å². The average Bonchev–Trinajstić information content (AvgIpc) is 2.33. The van der Waals surface area contributed by atoms with E-state index in [1.165, 1.54) is 6.07 Å². The minimum Gasteiger partial charge on any atom is -0.507 e. The van der Waals surface area contributed by atoms with Crippen molar-refractivity contribution in [2.24, 2.45) is 0 Å². The van der Waals surface area contributed by atoms with Crippen molar-refractivity contribution in [1.29, 1.82) is 0 Å². The number of rotatable bonds is 7. The van der Waals surface area contributed by atoms with Crippen molar-refractivity contribution < 1.29 is 21.2 Å². The van der Waals surface area contributed by atoms with Crippen molar-refractivity contribution in [3.05, 3.63) is 29.8 Å². The van der Waals surface area contributed by atoms with Gasteiger partial charge in [-0.3, -0.25) is 9.59 Å². The number of nitrogens with one attached hydrogen (secondary N) is 1. The predicted molar refractivity (Wildman–Crippen MR) is 68.7 cm³/mol. The van der Waals surface area contributed by atoms with Crippen LogP contribution in [0.1, 0.15) is 37.5 Å². The number of hydrogen-bond donors (Lipinski definition) is 3. The van der Waals surface area contributed by atoms with E-state index in [0.29, 0.717) is 13.0 Å². The van der Waals surface area contributed by atoms with Crippen LogP contribution in [0.5, 0.6) is 5.75 Å². The molecule has 0 atom stereocenters. The van der Waals surface area contributed by atoms with Crippen molar-refractivity contribution in [2.45, 2.75) is 25.7 Å². The number of benzene rings is 1. The molecule has 0 bridgehead atoms. The van der Waals surface area contributed by atoms with Crippen LogP contribution in [0.25, 0.3) is 0 Å². The van der Waals surface area contributed by atoms with Gasteiger partial charge in [-0.2, -0.15) is 0 Å². The fourth-order valence-electron chi connectivity index (χ4n) is 1.54. The molecule has 0 heterocycles. The van der Waals surface area contributed by atoms with E-state index in [1.54, 1.807) is 18.2 Å². The number of carboxylic acids is 1. The number of amides is 1. The molecule has 1 amide bonds. The predicted octanol–water partition coefficient (Wildman–Crippen LogP) is 2.01. The molecular formula is C13H19NO4. The van der Waals surface area contributed by atoms with Gasteiger partial charge in [-0.25, -0.2) is 0 Å². The van der Waals surface area contributed by atoms with Crippen LogP contribution in [0.3, 0.4) is 0 Å².